The van der Waals surface area contributed by atoms with Crippen molar-refractivity contribution in [3.05, 3.63) is 29.3 Å². The molecule has 0 aliphatic rings. The van der Waals surface area contributed by atoms with Gasteiger partial charge in [-0.25, -0.2) is 0 Å². The largest absolute Gasteiger partial charge is 0.493 e. The monoisotopic (exact) mass is 259 g/mol. The van der Waals surface area contributed by atoms with Gasteiger partial charge in [-0.2, -0.15) is 5.26 Å². The molecule has 0 unspecified atom stereocenters. The molecule has 0 aliphatic heterocycles. The average molecular weight is 259 g/mol. The number of hydrogen-bond donors (Lipinski definition) is 0. The number of nitrogens with zero attached hydrogens (tertiary/aromatic N) is 1. The second kappa shape index (κ2) is 7.19. The number of nitriles is 1. The predicted molar refractivity (Wildman–Crippen MR) is 79.5 cm³/mol. The van der Waals surface area contributed by atoms with Crippen molar-refractivity contribution in [2.24, 2.45) is 0 Å². The molecule has 2 heteroatoms. The van der Waals surface area contributed by atoms with Crippen LogP contribution in [0.5, 0.6) is 5.75 Å². The second-order valence-corrected chi connectivity index (χ2v) is 5.94. The van der Waals surface area contributed by atoms with E-state index in [9.17, 15) is 0 Å². The van der Waals surface area contributed by atoms with Crippen molar-refractivity contribution in [3.8, 4) is 11.8 Å². The number of benzene rings is 1. The van der Waals surface area contributed by atoms with Crippen molar-refractivity contribution >= 4 is 0 Å². The molecule has 0 aliphatic carbocycles. The minimum absolute atomic E-state index is 0.0777. The van der Waals surface area contributed by atoms with Crippen molar-refractivity contribution in [3.63, 3.8) is 0 Å². The Kier molecular flexibility index (Phi) is 5.89. The van der Waals surface area contributed by atoms with E-state index in [-0.39, 0.29) is 5.41 Å². The maximum absolute atomic E-state index is 8.60. The molecule has 0 spiro atoms. The molecule has 0 radical (unpaired) electrons. The number of aryl methyl sites for hydroxylation is 1. The van der Waals surface area contributed by atoms with Crippen molar-refractivity contribution in [2.75, 3.05) is 6.61 Å². The molecule has 2 nitrogen and oxygen atoms in total. The van der Waals surface area contributed by atoms with Crippen LogP contribution in [0.2, 0.25) is 0 Å². The lowest BCUT2D eigenvalue weighted by Crippen LogP contribution is -2.14. The van der Waals surface area contributed by atoms with Crippen LogP contribution < -0.4 is 4.74 Å². The van der Waals surface area contributed by atoms with Gasteiger partial charge in [-0.15, -0.1) is 0 Å². The lowest BCUT2D eigenvalue weighted by atomic mass is 9.85. The summed E-state index contributed by atoms with van der Waals surface area (Å²) in [6, 6.07) is 8.64. The van der Waals surface area contributed by atoms with Gasteiger partial charge in [0.05, 0.1) is 12.7 Å². The molecule has 104 valence electrons. The molecule has 0 aromatic heterocycles. The van der Waals surface area contributed by atoms with Crippen LogP contribution in [0, 0.1) is 11.3 Å². The summed E-state index contributed by atoms with van der Waals surface area (Å²) in [5.74, 6) is 0.999. The Morgan fingerprint density at radius 1 is 1.26 bits per heavy atom. The van der Waals surface area contributed by atoms with E-state index in [1.165, 1.54) is 11.1 Å². The van der Waals surface area contributed by atoms with E-state index in [0.717, 1.165) is 31.6 Å². The zero-order chi connectivity index (χ0) is 14.3. The zero-order valence-electron chi connectivity index (χ0n) is 12.6. The molecule has 1 rings (SSSR count). The van der Waals surface area contributed by atoms with Crippen LogP contribution in [-0.4, -0.2) is 6.61 Å². The summed E-state index contributed by atoms with van der Waals surface area (Å²) in [7, 11) is 0. The van der Waals surface area contributed by atoms with E-state index in [2.05, 4.69) is 52.0 Å². The van der Waals surface area contributed by atoms with Crippen LogP contribution in [0.1, 0.15) is 58.1 Å². The van der Waals surface area contributed by atoms with Gasteiger partial charge in [0.25, 0.3) is 0 Å². The van der Waals surface area contributed by atoms with E-state index in [1.54, 1.807) is 0 Å². The van der Waals surface area contributed by atoms with Gasteiger partial charge in [-0.05, 0) is 41.9 Å². The highest BCUT2D eigenvalue weighted by Crippen LogP contribution is 2.32. The summed E-state index contributed by atoms with van der Waals surface area (Å²) >= 11 is 0. The molecule has 0 amide bonds. The third kappa shape index (κ3) is 4.95. The third-order valence-electron chi connectivity index (χ3n) is 3.07. The van der Waals surface area contributed by atoms with E-state index >= 15 is 0 Å². The maximum atomic E-state index is 8.60. The molecular formula is C17H25NO. The fourth-order valence-corrected chi connectivity index (χ4v) is 2.03. The molecule has 0 saturated carbocycles. The first kappa shape index (κ1) is 15.6. The molecule has 1 aromatic rings. The molecule has 0 N–H and O–H groups in total. The fourth-order valence-electron chi connectivity index (χ4n) is 2.03. The number of hydrogen-bond acceptors (Lipinski definition) is 2. The lowest BCUT2D eigenvalue weighted by Gasteiger charge is -2.23. The minimum atomic E-state index is 0.0777. The van der Waals surface area contributed by atoms with E-state index in [0.29, 0.717) is 6.42 Å². The predicted octanol–water partition coefficient (Wildman–Crippen LogP) is 4.62. The Morgan fingerprint density at radius 3 is 2.58 bits per heavy atom. The van der Waals surface area contributed by atoms with Crippen LogP contribution in [0.3, 0.4) is 0 Å². The maximum Gasteiger partial charge on any atom is 0.123 e. The van der Waals surface area contributed by atoms with Gasteiger partial charge in [0.2, 0.25) is 0 Å². The molecule has 0 bridgehead atoms. The second-order valence-electron chi connectivity index (χ2n) is 5.94. The standard InChI is InChI=1S/C17H25NO/c1-5-12-19-16-10-9-14(8-6-7-11-18)13-15(16)17(2,3)4/h9-10,13H,5-8,12H2,1-4H3. The molecule has 19 heavy (non-hydrogen) atoms. The number of ether oxygens (including phenoxy) is 1. The van der Waals surface area contributed by atoms with E-state index in [4.69, 9.17) is 10.00 Å². The molecule has 0 fully saturated rings. The average Bonchev–Trinajstić information content (AvgIpc) is 2.36. The quantitative estimate of drug-likeness (QED) is 0.698. The molecule has 0 saturated heterocycles. The van der Waals surface area contributed by atoms with Gasteiger partial charge in [0, 0.05) is 6.42 Å². The first-order chi connectivity index (χ1) is 8.99. The van der Waals surface area contributed by atoms with E-state index in [1.807, 2.05) is 0 Å². The lowest BCUT2D eigenvalue weighted by molar-refractivity contribution is 0.308. The molecule has 0 heterocycles. The fraction of sp³-hybridized carbons (Fsp3) is 0.588. The van der Waals surface area contributed by atoms with Crippen LogP contribution in [0.25, 0.3) is 0 Å². The van der Waals surface area contributed by atoms with Crippen LogP contribution >= 0.6 is 0 Å². The topological polar surface area (TPSA) is 33.0 Å². The summed E-state index contributed by atoms with van der Waals surface area (Å²) in [6.45, 7) is 9.50. The van der Waals surface area contributed by atoms with E-state index < -0.39 is 0 Å². The first-order valence-corrected chi connectivity index (χ1v) is 7.12. The first-order valence-electron chi connectivity index (χ1n) is 7.12. The Morgan fingerprint density at radius 2 is 2.00 bits per heavy atom. The third-order valence-corrected chi connectivity index (χ3v) is 3.07. The van der Waals surface area contributed by atoms with Gasteiger partial charge in [-0.3, -0.25) is 0 Å². The Bertz CT molecular complexity index is 438. The zero-order valence-corrected chi connectivity index (χ0v) is 12.6. The number of rotatable bonds is 6. The smallest absolute Gasteiger partial charge is 0.123 e. The van der Waals surface area contributed by atoms with Gasteiger partial charge in [0.1, 0.15) is 5.75 Å². The Hall–Kier alpha value is -1.49. The summed E-state index contributed by atoms with van der Waals surface area (Å²) in [4.78, 5) is 0. The normalized spacial score (nSPS) is 11.1. The molecule has 1 aromatic carbocycles. The van der Waals surface area contributed by atoms with Crippen molar-refractivity contribution < 1.29 is 4.74 Å². The minimum Gasteiger partial charge on any atom is -0.493 e. The van der Waals surface area contributed by atoms with Gasteiger partial charge in [-0.1, -0.05) is 39.8 Å². The highest BCUT2D eigenvalue weighted by Gasteiger charge is 2.19. The summed E-state index contributed by atoms with van der Waals surface area (Å²) < 4.78 is 5.84. The Labute approximate surface area is 117 Å². The highest BCUT2D eigenvalue weighted by atomic mass is 16.5. The van der Waals surface area contributed by atoms with Crippen LogP contribution in [0.15, 0.2) is 18.2 Å². The van der Waals surface area contributed by atoms with Gasteiger partial charge >= 0.3 is 0 Å². The SMILES string of the molecule is CCCOc1ccc(CCCC#N)cc1C(C)(C)C. The van der Waals surface area contributed by atoms with Gasteiger partial charge in [0.15, 0.2) is 0 Å². The van der Waals surface area contributed by atoms with Crippen molar-refractivity contribution in [1.82, 2.24) is 0 Å². The summed E-state index contributed by atoms with van der Waals surface area (Å²) in [5.41, 5.74) is 2.63. The van der Waals surface area contributed by atoms with Crippen LogP contribution in [-0.2, 0) is 11.8 Å². The molecular weight excluding hydrogens is 234 g/mol. The summed E-state index contributed by atoms with van der Waals surface area (Å²) in [5, 5.41) is 8.60. The van der Waals surface area contributed by atoms with Gasteiger partial charge < -0.3 is 4.74 Å². The van der Waals surface area contributed by atoms with Crippen molar-refractivity contribution in [2.45, 2.75) is 58.8 Å². The van der Waals surface area contributed by atoms with Crippen molar-refractivity contribution in [1.29, 1.82) is 5.26 Å². The summed E-state index contributed by atoms with van der Waals surface area (Å²) in [6.07, 6.45) is 3.53. The molecule has 0 atom stereocenters. The Balaban J connectivity index is 2.92. The van der Waals surface area contributed by atoms with Crippen LogP contribution in [0.4, 0.5) is 0 Å². The highest BCUT2D eigenvalue weighted by molar-refractivity contribution is 5.41. The number of unbranched alkanes of at least 4 members (excludes halogenated alkanes) is 1.